The van der Waals surface area contributed by atoms with Crippen LogP contribution in [0.1, 0.15) is 36.8 Å². The Balaban J connectivity index is 1.21. The summed E-state index contributed by atoms with van der Waals surface area (Å²) in [5.41, 5.74) is 6.62. The molecule has 0 spiro atoms. The lowest BCUT2D eigenvalue weighted by molar-refractivity contribution is 0.0245. The van der Waals surface area contributed by atoms with Gasteiger partial charge in [0.05, 0.1) is 44.3 Å². The van der Waals surface area contributed by atoms with Crippen LogP contribution in [0.15, 0.2) is 29.3 Å². The normalized spacial score (nSPS) is 29.2. The van der Waals surface area contributed by atoms with E-state index in [-0.39, 0.29) is 73.9 Å². The number of anilines is 2. The number of nitrogens with zero attached hydrogens (tertiary/aromatic N) is 4. The van der Waals surface area contributed by atoms with Crippen LogP contribution >= 0.6 is 22.9 Å². The summed E-state index contributed by atoms with van der Waals surface area (Å²) >= 11 is 7.97. The summed E-state index contributed by atoms with van der Waals surface area (Å²) in [5.74, 6) is -0.597. The summed E-state index contributed by atoms with van der Waals surface area (Å²) < 4.78 is 59.6. The van der Waals surface area contributed by atoms with Crippen LogP contribution in [0.5, 0.6) is 5.75 Å². The molecular formula is C32H29ClF3N7O2S. The van der Waals surface area contributed by atoms with Gasteiger partial charge in [-0.3, -0.25) is 4.90 Å². The molecular weight excluding hydrogens is 639 g/mol. The highest BCUT2D eigenvalue weighted by atomic mass is 35.5. The van der Waals surface area contributed by atoms with Crippen LogP contribution in [0.25, 0.3) is 21.2 Å². The SMILES string of the molecule is N#Cc1c(N)sc2c(F)ccc(-c3c(F)c4c5c(c3Cl)NCN=C5N(C3C5CNC3C5)C=C(OC[C@@]35CCCN3C[C@H](F)C5)O4)c12. The molecule has 0 amide bonds. The summed E-state index contributed by atoms with van der Waals surface area (Å²) in [6, 6.07) is 4.93. The van der Waals surface area contributed by atoms with Crippen LogP contribution < -0.4 is 21.1 Å². The first-order valence-electron chi connectivity index (χ1n) is 15.5. The van der Waals surface area contributed by atoms with Crippen LogP contribution in [0.4, 0.5) is 23.9 Å². The van der Waals surface area contributed by atoms with Crippen molar-refractivity contribution in [1.29, 1.82) is 5.26 Å². The molecule has 1 aliphatic carbocycles. The van der Waals surface area contributed by atoms with Crippen LogP contribution in [-0.2, 0) is 4.74 Å². The van der Waals surface area contributed by atoms with Gasteiger partial charge in [0.15, 0.2) is 11.6 Å². The van der Waals surface area contributed by atoms with E-state index in [9.17, 15) is 14.0 Å². The number of nitrogens with two attached hydrogens (primary N) is 1. The summed E-state index contributed by atoms with van der Waals surface area (Å²) in [4.78, 5) is 8.95. The second-order valence-corrected chi connectivity index (χ2v) is 14.4. The molecule has 6 aliphatic heterocycles. The van der Waals surface area contributed by atoms with Crippen molar-refractivity contribution in [2.24, 2.45) is 10.9 Å². The van der Waals surface area contributed by atoms with E-state index in [1.807, 2.05) is 11.0 Å². The van der Waals surface area contributed by atoms with E-state index in [0.717, 1.165) is 43.7 Å². The average molecular weight is 668 g/mol. The quantitative estimate of drug-likeness (QED) is 0.326. The molecule has 3 aromatic rings. The highest BCUT2D eigenvalue weighted by Crippen LogP contribution is 2.52. The molecule has 3 unspecified atom stereocenters. The first kappa shape index (κ1) is 28.5. The third-order valence-electron chi connectivity index (χ3n) is 10.6. The van der Waals surface area contributed by atoms with Gasteiger partial charge in [0.25, 0.3) is 0 Å². The van der Waals surface area contributed by atoms with Gasteiger partial charge in [-0.25, -0.2) is 18.2 Å². The Labute approximate surface area is 271 Å². The van der Waals surface area contributed by atoms with E-state index in [2.05, 4.69) is 15.5 Å². The standard InChI is InChI=1S/C32H29ClF3N7O2S/c33-24-22(16-2-3-18(35)29-21(16)17(8-37)30(38)46-29)25(36)28-23-26(24)40-13-41-31(23)43(27-14-6-19(27)39-9-14)11-20(45-28)44-12-32-4-1-5-42(32)10-15(34)7-32/h2-3,11,14-15,19,27,39-40H,1,4-7,9-10,12-13,38H2/t14?,15-,19?,27?,32+/m1/s1. The first-order valence-corrected chi connectivity index (χ1v) is 16.7. The molecule has 9 nitrogen and oxygen atoms in total. The smallest absolute Gasteiger partial charge is 0.302 e. The highest BCUT2D eigenvalue weighted by molar-refractivity contribution is 7.23. The molecule has 1 saturated carbocycles. The molecule has 7 aliphatic rings. The van der Waals surface area contributed by atoms with E-state index in [0.29, 0.717) is 36.0 Å². The second kappa shape index (κ2) is 10.1. The molecule has 14 heteroatoms. The van der Waals surface area contributed by atoms with Crippen LogP contribution in [0.2, 0.25) is 5.02 Å². The maximum atomic E-state index is 17.2. The molecule has 5 atom stereocenters. The number of nitriles is 1. The van der Waals surface area contributed by atoms with Crippen molar-refractivity contribution in [3.8, 4) is 22.9 Å². The monoisotopic (exact) mass is 667 g/mol. The predicted octanol–water partition coefficient (Wildman–Crippen LogP) is 5.53. The third-order valence-corrected chi connectivity index (χ3v) is 12.0. The zero-order valence-corrected chi connectivity index (χ0v) is 26.1. The van der Waals surface area contributed by atoms with E-state index >= 15 is 4.39 Å². The van der Waals surface area contributed by atoms with Crippen molar-refractivity contribution in [2.45, 2.75) is 49.5 Å². The minimum Gasteiger partial charge on any atom is -0.462 e. The molecule has 4 saturated heterocycles. The number of aliphatic imine (C=N–C) groups is 1. The van der Waals surface area contributed by atoms with Gasteiger partial charge in [0.2, 0.25) is 0 Å². The van der Waals surface area contributed by atoms with Crippen LogP contribution in [0, 0.1) is 28.9 Å². The van der Waals surface area contributed by atoms with Gasteiger partial charge in [-0.2, -0.15) is 5.26 Å². The Hall–Kier alpha value is -3.70. The Morgan fingerprint density at radius 3 is 2.96 bits per heavy atom. The fourth-order valence-electron chi connectivity index (χ4n) is 8.49. The van der Waals surface area contributed by atoms with Crippen molar-refractivity contribution < 1.29 is 22.6 Å². The van der Waals surface area contributed by atoms with Crippen LogP contribution in [0.3, 0.4) is 0 Å². The lowest BCUT2D eigenvalue weighted by Crippen LogP contribution is -2.54. The van der Waals surface area contributed by atoms with E-state index in [1.165, 1.54) is 12.1 Å². The van der Waals surface area contributed by atoms with E-state index < -0.39 is 23.3 Å². The number of alkyl halides is 1. The lowest BCUT2D eigenvalue weighted by Gasteiger charge is -2.43. The Morgan fingerprint density at radius 2 is 2.17 bits per heavy atom. The molecule has 2 aromatic carbocycles. The molecule has 1 aromatic heterocycles. The van der Waals surface area contributed by atoms with Gasteiger partial charge in [-0.1, -0.05) is 17.7 Å². The van der Waals surface area contributed by atoms with Gasteiger partial charge >= 0.3 is 5.95 Å². The number of hydrogen-bond acceptors (Lipinski definition) is 10. The molecule has 5 fully saturated rings. The number of fused-ring (bicyclic) bond motifs is 3. The van der Waals surface area contributed by atoms with Crippen molar-refractivity contribution in [3.63, 3.8) is 0 Å². The number of benzene rings is 2. The molecule has 46 heavy (non-hydrogen) atoms. The topological polar surface area (TPSA) is 111 Å². The van der Waals surface area contributed by atoms with Gasteiger partial charge in [0.1, 0.15) is 42.2 Å². The number of amidine groups is 1. The first-order chi connectivity index (χ1) is 22.3. The fourth-order valence-corrected chi connectivity index (χ4v) is 9.79. The summed E-state index contributed by atoms with van der Waals surface area (Å²) in [6.45, 7) is 2.41. The zero-order valence-electron chi connectivity index (χ0n) is 24.5. The number of thiophene rings is 1. The third kappa shape index (κ3) is 3.90. The van der Waals surface area contributed by atoms with E-state index in [4.69, 9.17) is 31.8 Å². The summed E-state index contributed by atoms with van der Waals surface area (Å²) in [5, 5.41) is 17.0. The summed E-state index contributed by atoms with van der Waals surface area (Å²) in [6.07, 6.45) is 3.97. The van der Waals surface area contributed by atoms with Gasteiger partial charge in [0, 0.05) is 36.5 Å². The van der Waals surface area contributed by atoms with Crippen molar-refractivity contribution in [3.05, 3.63) is 52.1 Å². The minimum absolute atomic E-state index is 0.0471. The lowest BCUT2D eigenvalue weighted by atomic mass is 9.78. The second-order valence-electron chi connectivity index (χ2n) is 13.0. The highest BCUT2D eigenvalue weighted by Gasteiger charge is 2.53. The van der Waals surface area contributed by atoms with Crippen molar-refractivity contribution in [2.75, 3.05) is 44.0 Å². The minimum atomic E-state index is -0.928. The van der Waals surface area contributed by atoms with Gasteiger partial charge in [-0.05, 0) is 43.4 Å². The number of halogens is 4. The van der Waals surface area contributed by atoms with Crippen molar-refractivity contribution in [1.82, 2.24) is 15.1 Å². The molecule has 7 heterocycles. The average Bonchev–Trinajstić information content (AvgIpc) is 3.84. The van der Waals surface area contributed by atoms with Crippen LogP contribution in [-0.4, -0.2) is 72.3 Å². The maximum absolute atomic E-state index is 17.2. The molecule has 2 bridgehead atoms. The molecule has 238 valence electrons. The Bertz CT molecular complexity index is 1930. The molecule has 10 rings (SSSR count). The van der Waals surface area contributed by atoms with E-state index in [1.54, 1.807) is 6.20 Å². The Morgan fingerprint density at radius 1 is 1.30 bits per heavy atom. The number of hydrogen-bond donors (Lipinski definition) is 3. The fraction of sp³-hybridized carbons (Fsp3) is 0.438. The van der Waals surface area contributed by atoms with Gasteiger partial charge < -0.3 is 30.7 Å². The molecule has 0 radical (unpaired) electrons. The number of nitrogen functional groups attached to an aromatic ring is 1. The number of rotatable bonds is 5. The molecule has 4 N–H and O–H groups in total. The summed E-state index contributed by atoms with van der Waals surface area (Å²) in [7, 11) is 0. The number of ether oxygens (including phenoxy) is 2. The van der Waals surface area contributed by atoms with Crippen molar-refractivity contribution >= 4 is 49.5 Å². The maximum Gasteiger partial charge on any atom is 0.302 e. The Kier molecular flexibility index (Phi) is 6.29. The largest absolute Gasteiger partial charge is 0.462 e. The van der Waals surface area contributed by atoms with Gasteiger partial charge in [-0.15, -0.1) is 11.3 Å². The zero-order chi connectivity index (χ0) is 31.5. The number of nitrogens with one attached hydrogen (secondary N) is 2. The predicted molar refractivity (Wildman–Crippen MR) is 170 cm³/mol.